The first-order valence-corrected chi connectivity index (χ1v) is 10.2. The Bertz CT molecular complexity index is 1040. The average molecular weight is 397 g/mol. The topological polar surface area (TPSA) is 84.2 Å². The van der Waals surface area contributed by atoms with Gasteiger partial charge in [-0.25, -0.2) is 17.7 Å². The van der Waals surface area contributed by atoms with Crippen molar-refractivity contribution in [2.75, 3.05) is 26.7 Å². The van der Waals surface area contributed by atoms with E-state index in [-0.39, 0.29) is 25.1 Å². The molecule has 2 aromatic heterocycles. The van der Waals surface area contributed by atoms with Gasteiger partial charge in [-0.2, -0.15) is 0 Å². The van der Waals surface area contributed by atoms with E-state index in [0.29, 0.717) is 29.3 Å². The van der Waals surface area contributed by atoms with Crippen LogP contribution in [-0.4, -0.2) is 76.6 Å². The Balaban J connectivity index is 1.47. The number of likely N-dealkylation sites (N-methyl/N-ethyl adjacent to an activating group) is 1. The van der Waals surface area contributed by atoms with Crippen molar-refractivity contribution in [1.29, 1.82) is 0 Å². The molecule has 2 bridgehead atoms. The predicted molar refractivity (Wildman–Crippen MR) is 93.7 cm³/mol. The van der Waals surface area contributed by atoms with Gasteiger partial charge < -0.3 is 14.0 Å². The number of likely N-dealkylation sites (tertiary alicyclic amines) is 1. The molecule has 3 aliphatic heterocycles. The SMILES string of the molecule is CN1CC23CN(C(=O)c4cn5cc(Cl)ccc5n4)C[C@@H](C[C@@H]2S1(=O)=O)O3. The van der Waals surface area contributed by atoms with Gasteiger partial charge in [-0.05, 0) is 18.6 Å². The van der Waals surface area contributed by atoms with Crippen LogP contribution in [0.15, 0.2) is 24.5 Å². The molecule has 1 amide bonds. The second kappa shape index (κ2) is 5.19. The summed E-state index contributed by atoms with van der Waals surface area (Å²) < 4.78 is 34.1. The third-order valence-electron chi connectivity index (χ3n) is 5.55. The summed E-state index contributed by atoms with van der Waals surface area (Å²) in [6.45, 7) is 0.914. The molecule has 8 nitrogen and oxygen atoms in total. The number of imidazole rings is 1. The van der Waals surface area contributed by atoms with E-state index in [2.05, 4.69) is 4.98 Å². The number of hydrogen-bond donors (Lipinski definition) is 0. The number of carbonyl (C=O) groups excluding carboxylic acids is 1. The van der Waals surface area contributed by atoms with E-state index in [1.54, 1.807) is 40.9 Å². The summed E-state index contributed by atoms with van der Waals surface area (Å²) in [4.78, 5) is 19.0. The number of carbonyl (C=O) groups is 1. The van der Waals surface area contributed by atoms with E-state index in [9.17, 15) is 13.2 Å². The first-order chi connectivity index (χ1) is 12.3. The molecular weight excluding hydrogens is 380 g/mol. The second-order valence-corrected chi connectivity index (χ2v) is 9.91. The number of nitrogens with zero attached hydrogens (tertiary/aromatic N) is 4. The molecule has 0 radical (unpaired) electrons. The van der Waals surface area contributed by atoms with Gasteiger partial charge in [0.1, 0.15) is 22.2 Å². The van der Waals surface area contributed by atoms with Crippen molar-refractivity contribution in [2.24, 2.45) is 0 Å². The fourth-order valence-electron chi connectivity index (χ4n) is 4.44. The Labute approximate surface area is 155 Å². The number of halogens is 1. The van der Waals surface area contributed by atoms with Gasteiger partial charge in [0.05, 0.1) is 17.7 Å². The van der Waals surface area contributed by atoms with Gasteiger partial charge in [0.15, 0.2) is 0 Å². The minimum Gasteiger partial charge on any atom is -0.365 e. The van der Waals surface area contributed by atoms with Crippen LogP contribution in [0.4, 0.5) is 0 Å². The largest absolute Gasteiger partial charge is 0.365 e. The summed E-state index contributed by atoms with van der Waals surface area (Å²) >= 11 is 5.98. The minimum atomic E-state index is -3.37. The Morgan fingerprint density at radius 3 is 2.96 bits per heavy atom. The van der Waals surface area contributed by atoms with E-state index in [1.165, 1.54) is 4.31 Å². The molecule has 3 aliphatic rings. The lowest BCUT2D eigenvalue weighted by atomic mass is 9.99. The third kappa shape index (κ3) is 2.17. The van der Waals surface area contributed by atoms with Crippen LogP contribution in [-0.2, 0) is 14.8 Å². The zero-order chi connectivity index (χ0) is 18.3. The third-order valence-corrected chi connectivity index (χ3v) is 8.12. The van der Waals surface area contributed by atoms with Crippen LogP contribution in [0.5, 0.6) is 0 Å². The summed E-state index contributed by atoms with van der Waals surface area (Å²) in [6, 6.07) is 3.46. The maximum absolute atomic E-state index is 13.0. The van der Waals surface area contributed by atoms with E-state index in [4.69, 9.17) is 16.3 Å². The minimum absolute atomic E-state index is 0.218. The quantitative estimate of drug-likeness (QED) is 0.705. The average Bonchev–Trinajstić information content (AvgIpc) is 3.16. The lowest BCUT2D eigenvalue weighted by Gasteiger charge is -2.39. The second-order valence-electron chi connectivity index (χ2n) is 7.25. The molecule has 3 fully saturated rings. The summed E-state index contributed by atoms with van der Waals surface area (Å²) in [6.07, 6.45) is 3.51. The molecule has 0 aliphatic carbocycles. The van der Waals surface area contributed by atoms with Crippen LogP contribution in [0.3, 0.4) is 0 Å². The number of amides is 1. The van der Waals surface area contributed by atoms with Crippen LogP contribution in [0.1, 0.15) is 16.9 Å². The van der Waals surface area contributed by atoms with Gasteiger partial charge in [0.2, 0.25) is 10.0 Å². The van der Waals surface area contributed by atoms with E-state index in [0.717, 1.165) is 0 Å². The number of sulfonamides is 1. The Hall–Kier alpha value is -1.68. The molecule has 1 spiro atoms. The van der Waals surface area contributed by atoms with Gasteiger partial charge in [-0.3, -0.25) is 4.79 Å². The summed E-state index contributed by atoms with van der Waals surface area (Å²) in [5.41, 5.74) is 0.109. The van der Waals surface area contributed by atoms with E-state index >= 15 is 0 Å². The molecule has 5 heterocycles. The molecule has 3 atom stereocenters. The van der Waals surface area contributed by atoms with E-state index < -0.39 is 20.9 Å². The Morgan fingerprint density at radius 1 is 1.35 bits per heavy atom. The number of fused-ring (bicyclic) bond motifs is 2. The predicted octanol–water partition coefficient (Wildman–Crippen LogP) is 0.615. The fraction of sp³-hybridized carbons (Fsp3) is 0.500. The van der Waals surface area contributed by atoms with Gasteiger partial charge in [0.25, 0.3) is 5.91 Å². The molecule has 1 unspecified atom stereocenters. The number of aromatic nitrogens is 2. The highest BCUT2D eigenvalue weighted by Crippen LogP contribution is 2.46. The zero-order valence-corrected chi connectivity index (χ0v) is 15.6. The lowest BCUT2D eigenvalue weighted by molar-refractivity contribution is -0.0967. The van der Waals surface area contributed by atoms with Crippen molar-refractivity contribution in [3.05, 3.63) is 35.2 Å². The summed E-state index contributed by atoms with van der Waals surface area (Å²) in [5.74, 6) is -0.218. The van der Waals surface area contributed by atoms with Crippen LogP contribution in [0, 0.1) is 0 Å². The van der Waals surface area contributed by atoms with Crippen LogP contribution in [0.25, 0.3) is 5.65 Å². The number of morpholine rings is 1. The molecule has 0 aromatic carbocycles. The van der Waals surface area contributed by atoms with Crippen LogP contribution in [0.2, 0.25) is 5.02 Å². The number of rotatable bonds is 1. The number of hydrogen-bond acceptors (Lipinski definition) is 5. The van der Waals surface area contributed by atoms with Crippen LogP contribution >= 0.6 is 11.6 Å². The molecule has 10 heteroatoms. The molecule has 5 rings (SSSR count). The maximum Gasteiger partial charge on any atom is 0.274 e. The van der Waals surface area contributed by atoms with Crippen molar-refractivity contribution in [2.45, 2.75) is 23.4 Å². The smallest absolute Gasteiger partial charge is 0.274 e. The molecule has 0 N–H and O–H groups in total. The lowest BCUT2D eigenvalue weighted by Crippen LogP contribution is -2.56. The van der Waals surface area contributed by atoms with Crippen molar-refractivity contribution in [1.82, 2.24) is 18.6 Å². The molecule has 0 saturated carbocycles. The highest BCUT2D eigenvalue weighted by atomic mass is 35.5. The van der Waals surface area contributed by atoms with Crippen LogP contribution < -0.4 is 0 Å². The maximum atomic E-state index is 13.0. The molecule has 3 saturated heterocycles. The first-order valence-electron chi connectivity index (χ1n) is 8.35. The first kappa shape index (κ1) is 16.5. The zero-order valence-electron chi connectivity index (χ0n) is 14.0. The number of pyridine rings is 1. The highest BCUT2D eigenvalue weighted by Gasteiger charge is 2.64. The molecule has 138 valence electrons. The van der Waals surface area contributed by atoms with Crippen molar-refractivity contribution in [3.63, 3.8) is 0 Å². The van der Waals surface area contributed by atoms with Crippen molar-refractivity contribution < 1.29 is 17.9 Å². The van der Waals surface area contributed by atoms with Crippen molar-refractivity contribution in [3.8, 4) is 0 Å². The van der Waals surface area contributed by atoms with Crippen molar-refractivity contribution >= 4 is 33.2 Å². The molecule has 2 aromatic rings. The summed E-state index contributed by atoms with van der Waals surface area (Å²) in [7, 11) is -1.81. The van der Waals surface area contributed by atoms with Gasteiger partial charge in [-0.1, -0.05) is 11.6 Å². The van der Waals surface area contributed by atoms with Gasteiger partial charge >= 0.3 is 0 Å². The Kier molecular flexibility index (Phi) is 3.29. The molecule has 26 heavy (non-hydrogen) atoms. The normalized spacial score (nSPS) is 32.9. The number of ether oxygens (including phenoxy) is 1. The highest BCUT2D eigenvalue weighted by molar-refractivity contribution is 7.90. The standard InChI is InChI=1S/C16H17ClN4O4S/c1-19-8-16-9-21(6-11(25-16)4-13(16)26(19,23)24)15(22)12-7-20-5-10(17)2-3-14(20)18-12/h2-3,5,7,11,13H,4,6,8-9H2,1H3/t11-,13+,16?/m1/s1. The van der Waals surface area contributed by atoms with Gasteiger partial charge in [-0.15, -0.1) is 0 Å². The monoisotopic (exact) mass is 396 g/mol. The summed E-state index contributed by atoms with van der Waals surface area (Å²) in [5, 5.41) is -0.0260. The Morgan fingerprint density at radius 2 is 2.15 bits per heavy atom. The fourth-order valence-corrected chi connectivity index (χ4v) is 6.65. The van der Waals surface area contributed by atoms with E-state index in [1.807, 2.05) is 0 Å². The molecular formula is C16H17ClN4O4S. The van der Waals surface area contributed by atoms with Gasteiger partial charge in [0, 0.05) is 32.5 Å².